The minimum absolute atomic E-state index is 0.127. The number of rotatable bonds is 9. The van der Waals surface area contributed by atoms with Gasteiger partial charge in [-0.2, -0.15) is 0 Å². The van der Waals surface area contributed by atoms with Gasteiger partial charge in [-0.1, -0.05) is 39.0 Å². The van der Waals surface area contributed by atoms with Gasteiger partial charge in [0.2, 0.25) is 5.76 Å². The summed E-state index contributed by atoms with van der Waals surface area (Å²) in [5.74, 6) is -1.23. The molecule has 0 aliphatic rings. The van der Waals surface area contributed by atoms with Crippen LogP contribution in [0.2, 0.25) is 0 Å². The Balaban J connectivity index is 2.18. The summed E-state index contributed by atoms with van der Waals surface area (Å²) in [7, 11) is 0. The second-order valence-corrected chi connectivity index (χ2v) is 4.30. The van der Waals surface area contributed by atoms with Crippen molar-refractivity contribution in [2.75, 3.05) is 6.61 Å². The van der Waals surface area contributed by atoms with E-state index in [1.165, 1.54) is 25.3 Å². The second-order valence-electron chi connectivity index (χ2n) is 4.30. The summed E-state index contributed by atoms with van der Waals surface area (Å²) in [6.07, 6.45) is 6.60. The predicted molar refractivity (Wildman–Crippen MR) is 69.0 cm³/mol. The van der Waals surface area contributed by atoms with E-state index in [1.54, 1.807) is 0 Å². The fraction of sp³-hybridized carbons (Fsp3) is 0.615. The van der Waals surface area contributed by atoms with E-state index in [9.17, 15) is 14.9 Å². The van der Waals surface area contributed by atoms with Crippen molar-refractivity contribution in [2.45, 2.75) is 45.4 Å². The van der Waals surface area contributed by atoms with E-state index in [2.05, 4.69) is 6.92 Å². The molecule has 0 radical (unpaired) electrons. The number of hydrogen-bond acceptors (Lipinski definition) is 5. The third-order valence-electron chi connectivity index (χ3n) is 2.70. The summed E-state index contributed by atoms with van der Waals surface area (Å²) in [5, 5.41) is 10.4. The van der Waals surface area contributed by atoms with E-state index < -0.39 is 16.8 Å². The van der Waals surface area contributed by atoms with Crippen LogP contribution in [-0.2, 0) is 4.74 Å². The molecule has 0 bridgehead atoms. The summed E-state index contributed by atoms with van der Waals surface area (Å²) >= 11 is 0. The summed E-state index contributed by atoms with van der Waals surface area (Å²) in [6.45, 7) is 2.48. The van der Waals surface area contributed by atoms with Gasteiger partial charge in [0.05, 0.1) is 12.7 Å². The Morgan fingerprint density at radius 2 is 1.95 bits per heavy atom. The Morgan fingerprint density at radius 1 is 1.26 bits per heavy atom. The van der Waals surface area contributed by atoms with Gasteiger partial charge >= 0.3 is 11.9 Å². The van der Waals surface area contributed by atoms with Crippen LogP contribution in [-0.4, -0.2) is 17.5 Å². The quantitative estimate of drug-likeness (QED) is 0.295. The number of ether oxygens (including phenoxy) is 1. The van der Waals surface area contributed by atoms with Crippen LogP contribution in [0, 0.1) is 10.1 Å². The number of nitro groups is 1. The number of hydrogen-bond donors (Lipinski definition) is 0. The fourth-order valence-corrected chi connectivity index (χ4v) is 1.65. The molecule has 19 heavy (non-hydrogen) atoms. The summed E-state index contributed by atoms with van der Waals surface area (Å²) in [5.41, 5.74) is 0. The van der Waals surface area contributed by atoms with E-state index in [1.807, 2.05) is 0 Å². The Bertz CT molecular complexity index is 413. The van der Waals surface area contributed by atoms with Gasteiger partial charge in [0, 0.05) is 0 Å². The number of esters is 1. The van der Waals surface area contributed by atoms with E-state index in [4.69, 9.17) is 9.15 Å². The predicted octanol–water partition coefficient (Wildman–Crippen LogP) is 3.71. The molecule has 1 aromatic rings. The first-order valence-corrected chi connectivity index (χ1v) is 6.56. The van der Waals surface area contributed by atoms with Crippen LogP contribution in [0.25, 0.3) is 0 Å². The monoisotopic (exact) mass is 269 g/mol. The molecule has 1 heterocycles. The van der Waals surface area contributed by atoms with Gasteiger partial charge in [0.25, 0.3) is 0 Å². The van der Waals surface area contributed by atoms with E-state index in [0.717, 1.165) is 25.3 Å². The number of unbranched alkanes of at least 4 members (excludes halogenated alkanes) is 5. The van der Waals surface area contributed by atoms with Crippen LogP contribution in [0.4, 0.5) is 5.88 Å². The molecule has 0 N–H and O–H groups in total. The van der Waals surface area contributed by atoms with Crippen molar-refractivity contribution >= 4 is 11.9 Å². The molecule has 1 aromatic heterocycles. The van der Waals surface area contributed by atoms with Crippen LogP contribution in [0.15, 0.2) is 16.5 Å². The largest absolute Gasteiger partial charge is 0.460 e. The molecule has 0 aliphatic heterocycles. The SMILES string of the molecule is CCCCCCCCOC(=O)c1ccc([N+](=O)[O-])o1. The van der Waals surface area contributed by atoms with Gasteiger partial charge in [-0.05, 0) is 12.5 Å². The molecule has 6 heteroatoms. The second kappa shape index (κ2) is 8.29. The molecule has 0 spiro atoms. The molecule has 0 aliphatic carbocycles. The molecule has 0 saturated carbocycles. The summed E-state index contributed by atoms with van der Waals surface area (Å²) < 4.78 is 9.72. The van der Waals surface area contributed by atoms with Crippen LogP contribution in [0.1, 0.15) is 56.0 Å². The minimum atomic E-state index is -0.690. The van der Waals surface area contributed by atoms with Crippen molar-refractivity contribution in [2.24, 2.45) is 0 Å². The van der Waals surface area contributed by atoms with Crippen molar-refractivity contribution in [3.8, 4) is 0 Å². The van der Waals surface area contributed by atoms with Crippen LogP contribution < -0.4 is 0 Å². The summed E-state index contributed by atoms with van der Waals surface area (Å²) in [4.78, 5) is 21.2. The standard InChI is InChI=1S/C13H19NO5/c1-2-3-4-5-6-7-10-18-13(15)11-8-9-12(19-11)14(16)17/h8-9H,2-7,10H2,1H3. The molecule has 106 valence electrons. The van der Waals surface area contributed by atoms with Crippen molar-refractivity contribution in [1.29, 1.82) is 0 Å². The normalized spacial score (nSPS) is 10.4. The average Bonchev–Trinajstić information content (AvgIpc) is 2.87. The average molecular weight is 269 g/mol. The van der Waals surface area contributed by atoms with Crippen LogP contribution >= 0.6 is 0 Å². The van der Waals surface area contributed by atoms with Gasteiger partial charge in [-0.15, -0.1) is 0 Å². The highest BCUT2D eigenvalue weighted by Crippen LogP contribution is 2.16. The molecule has 0 atom stereocenters. The van der Waals surface area contributed by atoms with Crippen molar-refractivity contribution in [1.82, 2.24) is 0 Å². The minimum Gasteiger partial charge on any atom is -0.460 e. The van der Waals surface area contributed by atoms with Crippen LogP contribution in [0.5, 0.6) is 0 Å². The highest BCUT2D eigenvalue weighted by atomic mass is 16.7. The Hall–Kier alpha value is -1.85. The molecule has 0 fully saturated rings. The number of furan rings is 1. The Morgan fingerprint density at radius 3 is 2.58 bits per heavy atom. The first kappa shape index (κ1) is 15.2. The Labute approximate surface area is 111 Å². The van der Waals surface area contributed by atoms with Gasteiger partial charge in [-0.25, -0.2) is 4.79 Å². The van der Waals surface area contributed by atoms with E-state index in [-0.39, 0.29) is 5.76 Å². The molecular formula is C13H19NO5. The smallest absolute Gasteiger partial charge is 0.433 e. The zero-order valence-electron chi connectivity index (χ0n) is 11.1. The fourth-order valence-electron chi connectivity index (χ4n) is 1.65. The van der Waals surface area contributed by atoms with Gasteiger partial charge in [0.15, 0.2) is 0 Å². The molecule has 0 amide bonds. The maximum Gasteiger partial charge on any atom is 0.433 e. The van der Waals surface area contributed by atoms with Crippen molar-refractivity contribution in [3.05, 3.63) is 28.0 Å². The lowest BCUT2D eigenvalue weighted by atomic mass is 10.1. The molecule has 0 saturated heterocycles. The highest BCUT2D eigenvalue weighted by molar-refractivity contribution is 5.86. The van der Waals surface area contributed by atoms with E-state index >= 15 is 0 Å². The zero-order chi connectivity index (χ0) is 14.1. The van der Waals surface area contributed by atoms with Crippen molar-refractivity contribution in [3.63, 3.8) is 0 Å². The molecule has 1 rings (SSSR count). The molecule has 0 aromatic carbocycles. The maximum absolute atomic E-state index is 11.5. The van der Waals surface area contributed by atoms with Gasteiger partial charge < -0.3 is 9.15 Å². The lowest BCUT2D eigenvalue weighted by molar-refractivity contribution is -0.402. The first-order chi connectivity index (χ1) is 9.15. The Kier molecular flexibility index (Phi) is 6.63. The van der Waals surface area contributed by atoms with Crippen LogP contribution in [0.3, 0.4) is 0 Å². The number of carbonyl (C=O) groups is 1. The molecule has 6 nitrogen and oxygen atoms in total. The third-order valence-corrected chi connectivity index (χ3v) is 2.70. The first-order valence-electron chi connectivity index (χ1n) is 6.56. The zero-order valence-corrected chi connectivity index (χ0v) is 11.1. The summed E-state index contributed by atoms with van der Waals surface area (Å²) in [6, 6.07) is 2.39. The van der Waals surface area contributed by atoms with Gasteiger partial charge in [-0.3, -0.25) is 10.1 Å². The van der Waals surface area contributed by atoms with Crippen molar-refractivity contribution < 1.29 is 18.9 Å². The molecule has 0 unspecified atom stereocenters. The number of nitrogens with zero attached hydrogens (tertiary/aromatic N) is 1. The highest BCUT2D eigenvalue weighted by Gasteiger charge is 2.17. The number of carbonyl (C=O) groups excluding carboxylic acids is 1. The molecular weight excluding hydrogens is 250 g/mol. The topological polar surface area (TPSA) is 82.6 Å². The third kappa shape index (κ3) is 5.54. The lowest BCUT2D eigenvalue weighted by Gasteiger charge is -2.02. The van der Waals surface area contributed by atoms with E-state index in [0.29, 0.717) is 6.61 Å². The van der Waals surface area contributed by atoms with Gasteiger partial charge in [0.1, 0.15) is 4.92 Å². The lowest BCUT2D eigenvalue weighted by Crippen LogP contribution is -2.05. The maximum atomic E-state index is 11.5.